The van der Waals surface area contributed by atoms with Gasteiger partial charge < -0.3 is 9.72 Å². The number of H-pyrrole nitrogens is 1. The Balaban J connectivity index is 1.50. The first-order chi connectivity index (χ1) is 14.1. The minimum atomic E-state index is -0.474. The fourth-order valence-corrected chi connectivity index (χ4v) is 4.25. The van der Waals surface area contributed by atoms with Gasteiger partial charge in [0.1, 0.15) is 4.88 Å². The average molecular weight is 404 g/mol. The predicted octanol–water partition coefficient (Wildman–Crippen LogP) is 5.81. The van der Waals surface area contributed by atoms with E-state index in [0.717, 1.165) is 39.6 Å². The Morgan fingerprint density at radius 2 is 1.86 bits per heavy atom. The van der Waals surface area contributed by atoms with Gasteiger partial charge in [0.05, 0.1) is 0 Å². The minimum absolute atomic E-state index is 0.216. The van der Waals surface area contributed by atoms with Gasteiger partial charge in [-0.1, -0.05) is 55.0 Å². The molecule has 0 aliphatic rings. The number of nitrogens with one attached hydrogen (secondary N) is 1. The summed E-state index contributed by atoms with van der Waals surface area (Å²) < 4.78 is 5.37. The zero-order valence-corrected chi connectivity index (χ0v) is 17.1. The molecule has 0 unspecified atom stereocenters. The van der Waals surface area contributed by atoms with Crippen LogP contribution in [0.5, 0.6) is 0 Å². The standard InChI is InChI=1S/C24H21NO3S/c1-3-16-5-4-6-19-20(13-25-22(16)19)21(26)14-28-24(27)23-18(11-12-29-23)17-9-7-15(2)8-10-17/h4-13,25H,3,14H2,1-2H3. The van der Waals surface area contributed by atoms with Gasteiger partial charge in [-0.3, -0.25) is 4.79 Å². The van der Waals surface area contributed by atoms with Gasteiger partial charge in [0.25, 0.3) is 0 Å². The molecule has 4 aromatic rings. The molecule has 2 heterocycles. The van der Waals surface area contributed by atoms with Gasteiger partial charge in [-0.15, -0.1) is 11.3 Å². The molecule has 0 spiro atoms. The molecule has 4 rings (SSSR count). The average Bonchev–Trinajstić information content (AvgIpc) is 3.39. The van der Waals surface area contributed by atoms with Crippen LogP contribution in [0.25, 0.3) is 22.0 Å². The summed E-state index contributed by atoms with van der Waals surface area (Å²) in [4.78, 5) is 29.0. The van der Waals surface area contributed by atoms with Gasteiger partial charge in [0.15, 0.2) is 6.61 Å². The highest BCUT2D eigenvalue weighted by atomic mass is 32.1. The van der Waals surface area contributed by atoms with E-state index in [1.807, 2.05) is 60.8 Å². The van der Waals surface area contributed by atoms with E-state index in [1.54, 1.807) is 6.20 Å². The maximum Gasteiger partial charge on any atom is 0.349 e. The lowest BCUT2D eigenvalue weighted by Crippen LogP contribution is -2.13. The lowest BCUT2D eigenvalue weighted by Gasteiger charge is -2.06. The molecule has 0 amide bonds. The Bertz CT molecular complexity index is 1180. The maximum atomic E-state index is 12.7. The Kier molecular flexibility index (Phi) is 5.32. The molecule has 0 saturated heterocycles. The van der Waals surface area contributed by atoms with Gasteiger partial charge in [0.2, 0.25) is 5.78 Å². The van der Waals surface area contributed by atoms with Crippen molar-refractivity contribution in [3.63, 3.8) is 0 Å². The van der Waals surface area contributed by atoms with Crippen molar-refractivity contribution in [2.75, 3.05) is 6.61 Å². The number of aryl methyl sites for hydroxylation is 2. The summed E-state index contributed by atoms with van der Waals surface area (Å²) in [6.45, 7) is 3.81. The first-order valence-corrected chi connectivity index (χ1v) is 10.4. The fraction of sp³-hybridized carbons (Fsp3) is 0.167. The van der Waals surface area contributed by atoms with E-state index in [9.17, 15) is 9.59 Å². The molecule has 0 radical (unpaired) electrons. The van der Waals surface area contributed by atoms with Crippen molar-refractivity contribution in [3.05, 3.63) is 81.7 Å². The number of carbonyl (C=O) groups is 2. The predicted molar refractivity (Wildman–Crippen MR) is 117 cm³/mol. The second-order valence-electron chi connectivity index (χ2n) is 6.92. The normalized spacial score (nSPS) is 11.0. The van der Waals surface area contributed by atoms with Gasteiger partial charge in [-0.2, -0.15) is 0 Å². The molecular formula is C24H21NO3S. The first kappa shape index (κ1) is 19.2. The number of thiophene rings is 1. The molecule has 0 atom stereocenters. The third kappa shape index (κ3) is 3.74. The zero-order valence-electron chi connectivity index (χ0n) is 16.3. The zero-order chi connectivity index (χ0) is 20.4. The minimum Gasteiger partial charge on any atom is -0.453 e. The molecule has 146 valence electrons. The number of aromatic amines is 1. The van der Waals surface area contributed by atoms with Crippen LogP contribution in [0, 0.1) is 6.92 Å². The summed E-state index contributed by atoms with van der Waals surface area (Å²) in [6.07, 6.45) is 2.57. The number of ether oxygens (including phenoxy) is 1. The van der Waals surface area contributed by atoms with Crippen LogP contribution in [0.4, 0.5) is 0 Å². The third-order valence-corrected chi connectivity index (χ3v) is 5.93. The van der Waals surface area contributed by atoms with E-state index in [0.29, 0.717) is 10.4 Å². The Morgan fingerprint density at radius 1 is 1.07 bits per heavy atom. The number of hydrogen-bond donors (Lipinski definition) is 1. The van der Waals surface area contributed by atoms with Crippen molar-refractivity contribution in [2.45, 2.75) is 20.3 Å². The second kappa shape index (κ2) is 8.05. The lowest BCUT2D eigenvalue weighted by atomic mass is 10.0. The van der Waals surface area contributed by atoms with Crippen molar-refractivity contribution in [2.24, 2.45) is 0 Å². The molecular weight excluding hydrogens is 382 g/mol. The number of benzene rings is 2. The van der Waals surface area contributed by atoms with Crippen LogP contribution in [0.3, 0.4) is 0 Å². The van der Waals surface area contributed by atoms with E-state index in [4.69, 9.17) is 4.74 Å². The second-order valence-corrected chi connectivity index (χ2v) is 7.84. The summed E-state index contributed by atoms with van der Waals surface area (Å²) in [5.74, 6) is -0.690. The van der Waals surface area contributed by atoms with Gasteiger partial charge in [0, 0.05) is 28.2 Å². The fourth-order valence-electron chi connectivity index (χ4n) is 3.44. The number of carbonyl (C=O) groups excluding carboxylic acids is 2. The van der Waals surface area contributed by atoms with E-state index in [2.05, 4.69) is 11.9 Å². The van der Waals surface area contributed by atoms with Crippen LogP contribution in [0.2, 0.25) is 0 Å². The molecule has 29 heavy (non-hydrogen) atoms. The molecule has 2 aromatic carbocycles. The third-order valence-electron chi connectivity index (χ3n) is 5.03. The highest BCUT2D eigenvalue weighted by Gasteiger charge is 2.19. The summed E-state index contributed by atoms with van der Waals surface area (Å²) in [7, 11) is 0. The molecule has 4 nitrogen and oxygen atoms in total. The van der Waals surface area contributed by atoms with Crippen molar-refractivity contribution < 1.29 is 14.3 Å². The van der Waals surface area contributed by atoms with Crippen LogP contribution in [-0.2, 0) is 11.2 Å². The number of esters is 1. The Morgan fingerprint density at radius 3 is 2.62 bits per heavy atom. The summed E-state index contributed by atoms with van der Waals surface area (Å²) >= 11 is 1.32. The number of hydrogen-bond acceptors (Lipinski definition) is 4. The number of rotatable bonds is 6. The van der Waals surface area contributed by atoms with Gasteiger partial charge >= 0.3 is 5.97 Å². The van der Waals surface area contributed by atoms with Crippen LogP contribution in [0.15, 0.2) is 60.1 Å². The van der Waals surface area contributed by atoms with Crippen molar-refractivity contribution in [1.82, 2.24) is 4.98 Å². The van der Waals surface area contributed by atoms with Crippen LogP contribution >= 0.6 is 11.3 Å². The molecule has 0 aliphatic carbocycles. The number of para-hydroxylation sites is 1. The highest BCUT2D eigenvalue weighted by Crippen LogP contribution is 2.29. The molecule has 5 heteroatoms. The lowest BCUT2D eigenvalue weighted by molar-refractivity contribution is 0.0480. The highest BCUT2D eigenvalue weighted by molar-refractivity contribution is 7.12. The van der Waals surface area contributed by atoms with E-state index in [1.165, 1.54) is 11.3 Å². The number of Topliss-reactive ketones (excluding diaryl/α,β-unsaturated/α-hetero) is 1. The first-order valence-electron chi connectivity index (χ1n) is 9.52. The molecule has 0 fully saturated rings. The smallest absolute Gasteiger partial charge is 0.349 e. The number of fused-ring (bicyclic) bond motifs is 1. The summed E-state index contributed by atoms with van der Waals surface area (Å²) in [5, 5.41) is 2.72. The quantitative estimate of drug-likeness (QED) is 0.327. The Labute approximate surface area is 173 Å². The topological polar surface area (TPSA) is 59.2 Å². The Hall–Kier alpha value is -3.18. The monoisotopic (exact) mass is 403 g/mol. The van der Waals surface area contributed by atoms with Crippen molar-refractivity contribution in [3.8, 4) is 11.1 Å². The van der Waals surface area contributed by atoms with Gasteiger partial charge in [-0.05, 0) is 35.9 Å². The molecule has 2 aromatic heterocycles. The SMILES string of the molecule is CCc1cccc2c(C(=O)COC(=O)c3sccc3-c3ccc(C)cc3)c[nH]c12. The van der Waals surface area contributed by atoms with E-state index < -0.39 is 5.97 Å². The van der Waals surface area contributed by atoms with Crippen LogP contribution < -0.4 is 0 Å². The number of ketones is 1. The van der Waals surface area contributed by atoms with Crippen LogP contribution in [-0.4, -0.2) is 23.3 Å². The largest absolute Gasteiger partial charge is 0.453 e. The van der Waals surface area contributed by atoms with Crippen LogP contribution in [0.1, 0.15) is 38.1 Å². The maximum absolute atomic E-state index is 12.7. The summed E-state index contributed by atoms with van der Waals surface area (Å²) in [5.41, 5.74) is 5.60. The molecule has 0 aliphatic heterocycles. The van der Waals surface area contributed by atoms with E-state index in [-0.39, 0.29) is 12.4 Å². The van der Waals surface area contributed by atoms with Crippen molar-refractivity contribution >= 4 is 34.0 Å². The summed E-state index contributed by atoms with van der Waals surface area (Å²) in [6, 6.07) is 15.8. The van der Waals surface area contributed by atoms with Gasteiger partial charge in [-0.25, -0.2) is 4.79 Å². The molecule has 0 saturated carbocycles. The van der Waals surface area contributed by atoms with Crippen molar-refractivity contribution in [1.29, 1.82) is 0 Å². The van der Waals surface area contributed by atoms with E-state index >= 15 is 0 Å². The molecule has 0 bridgehead atoms. The molecule has 1 N–H and O–H groups in total. The number of aromatic nitrogens is 1.